The summed E-state index contributed by atoms with van der Waals surface area (Å²) in [7, 11) is 0. The van der Waals surface area contributed by atoms with Crippen LogP contribution in [0.4, 0.5) is 11.4 Å². The van der Waals surface area contributed by atoms with Crippen molar-refractivity contribution in [3.05, 3.63) is 104 Å². The van der Waals surface area contributed by atoms with Gasteiger partial charge in [0.2, 0.25) is 0 Å². The average Bonchev–Trinajstić information content (AvgIpc) is 2.81. The van der Waals surface area contributed by atoms with Crippen LogP contribution in [0, 0.1) is 24.0 Å². The number of rotatable bonds is 7. The Morgan fingerprint density at radius 2 is 1.68 bits per heavy atom. The molecule has 1 atom stereocenters. The number of halogens is 1. The minimum absolute atomic E-state index is 0.0166. The van der Waals surface area contributed by atoms with Crippen LogP contribution >= 0.6 is 11.6 Å². The molecule has 0 bridgehead atoms. The van der Waals surface area contributed by atoms with Gasteiger partial charge in [-0.2, -0.15) is 0 Å². The smallest absolute Gasteiger partial charge is 0.339 e. The summed E-state index contributed by atoms with van der Waals surface area (Å²) in [6, 6.07) is 15.1. The molecule has 9 heteroatoms. The molecular formula is C25H21ClN2O6. The Bertz CT molecular complexity index is 1300. The van der Waals surface area contributed by atoms with Gasteiger partial charge in [-0.3, -0.25) is 19.7 Å². The number of benzene rings is 3. The summed E-state index contributed by atoms with van der Waals surface area (Å²) in [4.78, 5) is 48.9. The molecule has 0 radical (unpaired) electrons. The van der Waals surface area contributed by atoms with Gasteiger partial charge in [0, 0.05) is 22.9 Å². The minimum Gasteiger partial charge on any atom is -0.449 e. The van der Waals surface area contributed by atoms with E-state index in [1.54, 1.807) is 18.2 Å². The van der Waals surface area contributed by atoms with Gasteiger partial charge in [-0.1, -0.05) is 41.9 Å². The third-order valence-corrected chi connectivity index (χ3v) is 5.42. The number of hydrogen-bond acceptors (Lipinski definition) is 6. The molecule has 1 unspecified atom stereocenters. The molecule has 0 saturated heterocycles. The molecule has 0 aliphatic heterocycles. The van der Waals surface area contributed by atoms with Crippen LogP contribution in [0.15, 0.2) is 60.7 Å². The Morgan fingerprint density at radius 1 is 1.00 bits per heavy atom. The minimum atomic E-state index is -1.15. The maximum Gasteiger partial charge on any atom is 0.339 e. The molecule has 0 fully saturated rings. The number of aryl methyl sites for hydroxylation is 2. The van der Waals surface area contributed by atoms with Crippen molar-refractivity contribution in [3.63, 3.8) is 0 Å². The first-order valence-electron chi connectivity index (χ1n) is 10.2. The van der Waals surface area contributed by atoms with Gasteiger partial charge >= 0.3 is 5.97 Å². The maximum atomic E-state index is 13.0. The number of nitro groups is 1. The number of carbonyl (C=O) groups excluding carboxylic acids is 3. The van der Waals surface area contributed by atoms with Gasteiger partial charge in [0.15, 0.2) is 11.9 Å². The molecular weight excluding hydrogens is 460 g/mol. The molecule has 0 saturated carbocycles. The number of nitro benzene ring substituents is 1. The molecule has 0 aliphatic carbocycles. The molecule has 3 aromatic rings. The summed E-state index contributed by atoms with van der Waals surface area (Å²) >= 11 is 5.82. The van der Waals surface area contributed by atoms with Crippen LogP contribution in [-0.4, -0.2) is 28.7 Å². The molecule has 3 rings (SSSR count). The Hall–Kier alpha value is -4.04. The quantitative estimate of drug-likeness (QED) is 0.213. The first-order valence-corrected chi connectivity index (χ1v) is 10.6. The van der Waals surface area contributed by atoms with Crippen LogP contribution < -0.4 is 5.32 Å². The lowest BCUT2D eigenvalue weighted by atomic mass is 9.98. The van der Waals surface area contributed by atoms with Crippen molar-refractivity contribution < 1.29 is 24.0 Å². The van der Waals surface area contributed by atoms with E-state index in [0.717, 1.165) is 17.2 Å². The molecule has 0 aliphatic rings. The highest BCUT2D eigenvalue weighted by Gasteiger charge is 2.25. The van der Waals surface area contributed by atoms with E-state index in [1.807, 2.05) is 26.0 Å². The number of nitrogens with one attached hydrogen (secondary N) is 1. The summed E-state index contributed by atoms with van der Waals surface area (Å²) in [5, 5.41) is 13.8. The number of ether oxygens (including phenoxy) is 1. The average molecular weight is 481 g/mol. The first-order chi connectivity index (χ1) is 16.1. The van der Waals surface area contributed by atoms with E-state index in [-0.39, 0.29) is 21.7 Å². The third kappa shape index (κ3) is 5.47. The standard InChI is InChI=1S/C25H21ClN2O6/c1-14-8-9-15(2)21(12-14)27-24(30)16(3)34-25(31)19-7-5-4-6-18(19)23(29)17-10-11-20(26)22(13-17)28(32)33/h4-13,16H,1-3H3,(H,27,30). The molecule has 0 heterocycles. The van der Waals surface area contributed by atoms with Crippen molar-refractivity contribution >= 4 is 40.6 Å². The van der Waals surface area contributed by atoms with Crippen LogP contribution in [0.3, 0.4) is 0 Å². The van der Waals surface area contributed by atoms with Gasteiger partial charge in [0.25, 0.3) is 11.6 Å². The number of hydrogen-bond donors (Lipinski definition) is 1. The van der Waals surface area contributed by atoms with Gasteiger partial charge < -0.3 is 10.1 Å². The molecule has 34 heavy (non-hydrogen) atoms. The SMILES string of the molecule is Cc1ccc(C)c(NC(=O)C(C)OC(=O)c2ccccc2C(=O)c2ccc(Cl)c([N+](=O)[O-])c2)c1. The van der Waals surface area contributed by atoms with Gasteiger partial charge in [-0.15, -0.1) is 0 Å². The number of ketones is 1. The second-order valence-corrected chi connectivity index (χ2v) is 8.06. The normalized spacial score (nSPS) is 11.4. The van der Waals surface area contributed by atoms with Crippen molar-refractivity contribution in [2.45, 2.75) is 26.9 Å². The van der Waals surface area contributed by atoms with Crippen LogP contribution in [0.25, 0.3) is 0 Å². The van der Waals surface area contributed by atoms with E-state index in [9.17, 15) is 24.5 Å². The largest absolute Gasteiger partial charge is 0.449 e. The number of anilines is 1. The third-order valence-electron chi connectivity index (χ3n) is 5.10. The van der Waals surface area contributed by atoms with E-state index < -0.39 is 34.4 Å². The highest BCUT2D eigenvalue weighted by molar-refractivity contribution is 6.33. The monoisotopic (exact) mass is 480 g/mol. The second kappa shape index (κ2) is 10.3. The highest BCUT2D eigenvalue weighted by atomic mass is 35.5. The zero-order chi connectivity index (χ0) is 25.0. The summed E-state index contributed by atoms with van der Waals surface area (Å²) < 4.78 is 5.32. The summed E-state index contributed by atoms with van der Waals surface area (Å²) in [5.74, 6) is -2.03. The number of nitrogens with zero attached hydrogens (tertiary/aromatic N) is 1. The molecule has 8 nitrogen and oxygen atoms in total. The Kier molecular flexibility index (Phi) is 7.43. The van der Waals surface area contributed by atoms with Gasteiger partial charge in [-0.25, -0.2) is 4.79 Å². The van der Waals surface area contributed by atoms with Gasteiger partial charge in [-0.05, 0) is 56.2 Å². The van der Waals surface area contributed by atoms with Crippen LogP contribution in [0.2, 0.25) is 5.02 Å². The summed E-state index contributed by atoms with van der Waals surface area (Å²) in [6.07, 6.45) is -1.15. The van der Waals surface area contributed by atoms with Crippen LogP contribution in [0.1, 0.15) is 44.3 Å². The van der Waals surface area contributed by atoms with Gasteiger partial charge in [0.1, 0.15) is 5.02 Å². The summed E-state index contributed by atoms with van der Waals surface area (Å²) in [6.45, 7) is 5.15. The zero-order valence-electron chi connectivity index (χ0n) is 18.6. The molecule has 0 spiro atoms. The van der Waals surface area contributed by atoms with Crippen LogP contribution in [-0.2, 0) is 9.53 Å². The lowest BCUT2D eigenvalue weighted by Crippen LogP contribution is -2.30. The second-order valence-electron chi connectivity index (χ2n) is 7.65. The zero-order valence-corrected chi connectivity index (χ0v) is 19.4. The van der Waals surface area contributed by atoms with E-state index in [2.05, 4.69) is 5.32 Å². The van der Waals surface area contributed by atoms with E-state index in [0.29, 0.717) is 5.69 Å². The number of carbonyl (C=O) groups is 3. The molecule has 1 N–H and O–H groups in total. The van der Waals surface area contributed by atoms with E-state index in [1.165, 1.54) is 31.2 Å². The lowest BCUT2D eigenvalue weighted by Gasteiger charge is -2.16. The first kappa shape index (κ1) is 24.6. The van der Waals surface area contributed by atoms with Crippen molar-refractivity contribution in [2.75, 3.05) is 5.32 Å². The Balaban J connectivity index is 1.81. The lowest BCUT2D eigenvalue weighted by molar-refractivity contribution is -0.384. The highest BCUT2D eigenvalue weighted by Crippen LogP contribution is 2.27. The summed E-state index contributed by atoms with van der Waals surface area (Å²) in [5.41, 5.74) is 1.88. The fourth-order valence-electron chi connectivity index (χ4n) is 3.19. The maximum absolute atomic E-state index is 13.0. The Labute approximate surface area is 200 Å². The molecule has 0 aromatic heterocycles. The predicted molar refractivity (Wildman–Crippen MR) is 127 cm³/mol. The fourth-order valence-corrected chi connectivity index (χ4v) is 3.38. The van der Waals surface area contributed by atoms with Crippen molar-refractivity contribution in [1.82, 2.24) is 0 Å². The van der Waals surface area contributed by atoms with Crippen molar-refractivity contribution in [2.24, 2.45) is 0 Å². The fraction of sp³-hybridized carbons (Fsp3) is 0.160. The van der Waals surface area contributed by atoms with E-state index in [4.69, 9.17) is 16.3 Å². The van der Waals surface area contributed by atoms with Gasteiger partial charge in [0.05, 0.1) is 10.5 Å². The number of amides is 1. The van der Waals surface area contributed by atoms with Crippen molar-refractivity contribution in [1.29, 1.82) is 0 Å². The Morgan fingerprint density at radius 3 is 2.35 bits per heavy atom. The van der Waals surface area contributed by atoms with Crippen molar-refractivity contribution in [3.8, 4) is 0 Å². The molecule has 1 amide bonds. The molecule has 174 valence electrons. The van der Waals surface area contributed by atoms with E-state index >= 15 is 0 Å². The molecule has 3 aromatic carbocycles. The van der Waals surface area contributed by atoms with Crippen LogP contribution in [0.5, 0.6) is 0 Å². The predicted octanol–water partition coefficient (Wildman–Crippen LogP) is 5.28. The topological polar surface area (TPSA) is 116 Å². The number of esters is 1.